The molecule has 8 heteroatoms. The summed E-state index contributed by atoms with van der Waals surface area (Å²) in [4.78, 5) is 26.7. The lowest BCUT2D eigenvalue weighted by molar-refractivity contribution is -0.119. The van der Waals surface area contributed by atoms with Crippen molar-refractivity contribution in [3.8, 4) is 5.69 Å². The number of imide groups is 1. The predicted octanol–water partition coefficient (Wildman–Crippen LogP) is 2.51. The van der Waals surface area contributed by atoms with Crippen LogP contribution in [0.3, 0.4) is 0 Å². The fourth-order valence-electron chi connectivity index (χ4n) is 1.85. The van der Waals surface area contributed by atoms with Crippen molar-refractivity contribution in [1.29, 1.82) is 0 Å². The molecule has 3 amide bonds. The Balaban J connectivity index is 2.25. The molecule has 0 saturated heterocycles. The number of rotatable bonds is 4. The maximum Gasteiger partial charge on any atom is 0.318 e. The smallest absolute Gasteiger partial charge is 0.318 e. The topological polar surface area (TPSA) is 90.0 Å². The Labute approximate surface area is 137 Å². The van der Waals surface area contributed by atoms with Crippen LogP contribution in [-0.4, -0.2) is 26.7 Å². The van der Waals surface area contributed by atoms with E-state index in [4.69, 9.17) is 17.3 Å². The molecule has 116 valence electrons. The van der Waals surface area contributed by atoms with Crippen LogP contribution < -0.4 is 11.1 Å². The Morgan fingerprint density at radius 1 is 1.45 bits per heavy atom. The number of hydrogen-bond acceptors (Lipinski definition) is 4. The lowest BCUT2D eigenvalue weighted by Gasteiger charge is -2.14. The van der Waals surface area contributed by atoms with Gasteiger partial charge in [-0.2, -0.15) is 0 Å². The minimum atomic E-state index is -0.869. The summed E-state index contributed by atoms with van der Waals surface area (Å²) >= 11 is 7.37. The molecule has 0 saturated carbocycles. The van der Waals surface area contributed by atoms with Crippen molar-refractivity contribution < 1.29 is 9.59 Å². The van der Waals surface area contributed by atoms with E-state index in [0.717, 1.165) is 11.3 Å². The average Bonchev–Trinajstić information content (AvgIpc) is 2.89. The minimum Gasteiger partial charge on any atom is -0.351 e. The molecular formula is C14H15ClN4O2S. The number of thioether (sulfide) groups is 1. The zero-order valence-corrected chi connectivity index (χ0v) is 13.6. The van der Waals surface area contributed by atoms with Crippen molar-refractivity contribution in [2.24, 2.45) is 5.73 Å². The maximum atomic E-state index is 11.8. The lowest BCUT2D eigenvalue weighted by Crippen LogP contribution is -2.39. The SMILES string of the molecule is Cc1c(Cl)cccc1-n1ccnc1SC(C)C(=O)NC(N)=O. The van der Waals surface area contributed by atoms with Crippen molar-refractivity contribution in [1.82, 2.24) is 14.9 Å². The Hall–Kier alpha value is -1.99. The standard InChI is InChI=1S/C14H15ClN4O2S/c1-8-10(15)4-3-5-11(8)19-7-6-17-14(19)22-9(2)12(20)18-13(16)21/h3-7,9H,1-2H3,(H3,16,18,20,21). The van der Waals surface area contributed by atoms with Gasteiger partial charge in [0.15, 0.2) is 5.16 Å². The number of nitrogens with one attached hydrogen (secondary N) is 1. The molecule has 1 heterocycles. The number of imidazole rings is 1. The number of nitrogens with zero attached hydrogens (tertiary/aromatic N) is 2. The third-order valence-corrected chi connectivity index (χ3v) is 4.49. The second-order valence-electron chi connectivity index (χ2n) is 4.58. The number of carbonyl (C=O) groups excluding carboxylic acids is 2. The van der Waals surface area contributed by atoms with Gasteiger partial charge in [-0.1, -0.05) is 29.4 Å². The lowest BCUT2D eigenvalue weighted by atomic mass is 10.2. The molecule has 0 aliphatic carbocycles. The molecule has 2 rings (SSSR count). The number of amides is 3. The van der Waals surface area contributed by atoms with Gasteiger partial charge in [0.2, 0.25) is 5.91 Å². The van der Waals surface area contributed by atoms with Crippen LogP contribution in [0.15, 0.2) is 35.7 Å². The molecule has 1 atom stereocenters. The van der Waals surface area contributed by atoms with Crippen molar-refractivity contribution >= 4 is 35.3 Å². The Morgan fingerprint density at radius 3 is 2.86 bits per heavy atom. The Bertz CT molecular complexity index is 717. The van der Waals surface area contributed by atoms with Crippen LogP contribution in [0.25, 0.3) is 5.69 Å². The zero-order chi connectivity index (χ0) is 16.3. The summed E-state index contributed by atoms with van der Waals surface area (Å²) in [6, 6.07) is 4.71. The van der Waals surface area contributed by atoms with Crippen LogP contribution in [0, 0.1) is 6.92 Å². The first-order chi connectivity index (χ1) is 10.4. The number of urea groups is 1. The average molecular weight is 339 g/mol. The third kappa shape index (κ3) is 3.61. The predicted molar refractivity (Wildman–Crippen MR) is 86.4 cm³/mol. The molecule has 0 spiro atoms. The highest BCUT2D eigenvalue weighted by Crippen LogP contribution is 2.28. The fourth-order valence-corrected chi connectivity index (χ4v) is 2.90. The number of halogens is 1. The van der Waals surface area contributed by atoms with Gasteiger partial charge in [-0.15, -0.1) is 0 Å². The molecule has 0 radical (unpaired) electrons. The molecular weight excluding hydrogens is 324 g/mol. The third-order valence-electron chi connectivity index (χ3n) is 3.00. The zero-order valence-electron chi connectivity index (χ0n) is 12.0. The van der Waals surface area contributed by atoms with Crippen LogP contribution in [0.5, 0.6) is 0 Å². The van der Waals surface area contributed by atoms with Gasteiger partial charge in [0.1, 0.15) is 0 Å². The van der Waals surface area contributed by atoms with Gasteiger partial charge in [-0.3, -0.25) is 14.7 Å². The van der Waals surface area contributed by atoms with Gasteiger partial charge in [0, 0.05) is 17.4 Å². The highest BCUT2D eigenvalue weighted by Gasteiger charge is 2.19. The number of hydrogen-bond donors (Lipinski definition) is 2. The van der Waals surface area contributed by atoms with Crippen molar-refractivity contribution in [3.63, 3.8) is 0 Å². The first kappa shape index (κ1) is 16.4. The van der Waals surface area contributed by atoms with Gasteiger partial charge in [0.05, 0.1) is 10.9 Å². The van der Waals surface area contributed by atoms with Gasteiger partial charge in [0.25, 0.3) is 0 Å². The van der Waals surface area contributed by atoms with E-state index in [1.165, 1.54) is 11.8 Å². The van der Waals surface area contributed by atoms with E-state index in [-0.39, 0.29) is 0 Å². The molecule has 22 heavy (non-hydrogen) atoms. The van der Waals surface area contributed by atoms with Crippen molar-refractivity contribution in [2.75, 3.05) is 0 Å². The molecule has 2 aromatic rings. The molecule has 1 aromatic heterocycles. The highest BCUT2D eigenvalue weighted by molar-refractivity contribution is 8.00. The molecule has 3 N–H and O–H groups in total. The summed E-state index contributed by atoms with van der Waals surface area (Å²) in [7, 11) is 0. The van der Waals surface area contributed by atoms with Crippen molar-refractivity contribution in [2.45, 2.75) is 24.3 Å². The second-order valence-corrected chi connectivity index (χ2v) is 6.29. The fraction of sp³-hybridized carbons (Fsp3) is 0.214. The normalized spacial score (nSPS) is 12.0. The maximum absolute atomic E-state index is 11.8. The minimum absolute atomic E-state index is 0.463. The van der Waals surface area contributed by atoms with E-state index in [1.807, 2.05) is 29.7 Å². The summed E-state index contributed by atoms with van der Waals surface area (Å²) in [5.74, 6) is -0.463. The quantitative estimate of drug-likeness (QED) is 0.838. The van der Waals surface area contributed by atoms with Gasteiger partial charge >= 0.3 is 6.03 Å². The number of nitrogens with two attached hydrogens (primary N) is 1. The van der Waals surface area contributed by atoms with E-state index >= 15 is 0 Å². The number of primary amides is 1. The monoisotopic (exact) mass is 338 g/mol. The molecule has 1 unspecified atom stereocenters. The largest absolute Gasteiger partial charge is 0.351 e. The van der Waals surface area contributed by atoms with Crippen LogP contribution in [0.1, 0.15) is 12.5 Å². The summed E-state index contributed by atoms with van der Waals surface area (Å²) in [5, 5.41) is 2.81. The van der Waals surface area contributed by atoms with Gasteiger partial charge in [-0.05, 0) is 31.5 Å². The van der Waals surface area contributed by atoms with E-state index in [2.05, 4.69) is 10.3 Å². The Kier molecular flexibility index (Phi) is 5.10. The van der Waals surface area contributed by atoms with E-state index in [1.54, 1.807) is 19.3 Å². The van der Waals surface area contributed by atoms with Crippen LogP contribution in [0.4, 0.5) is 4.79 Å². The van der Waals surface area contributed by atoms with Crippen molar-refractivity contribution in [3.05, 3.63) is 41.2 Å². The summed E-state index contributed by atoms with van der Waals surface area (Å²) in [6.45, 7) is 3.59. The molecule has 0 bridgehead atoms. The Morgan fingerprint density at radius 2 is 2.18 bits per heavy atom. The van der Waals surface area contributed by atoms with E-state index in [9.17, 15) is 9.59 Å². The van der Waals surface area contributed by atoms with Crippen LogP contribution in [-0.2, 0) is 4.79 Å². The number of benzene rings is 1. The second kappa shape index (κ2) is 6.85. The first-order valence-corrected chi connectivity index (χ1v) is 7.71. The molecule has 0 aliphatic heterocycles. The summed E-state index contributed by atoms with van der Waals surface area (Å²) in [6.07, 6.45) is 3.43. The van der Waals surface area contributed by atoms with Gasteiger partial charge < -0.3 is 5.73 Å². The van der Waals surface area contributed by atoms with E-state index in [0.29, 0.717) is 10.2 Å². The molecule has 0 fully saturated rings. The number of carbonyl (C=O) groups is 2. The molecule has 1 aromatic carbocycles. The van der Waals surface area contributed by atoms with E-state index < -0.39 is 17.2 Å². The van der Waals surface area contributed by atoms with Gasteiger partial charge in [-0.25, -0.2) is 9.78 Å². The molecule has 0 aliphatic rings. The van der Waals surface area contributed by atoms with Crippen LogP contribution >= 0.6 is 23.4 Å². The first-order valence-electron chi connectivity index (χ1n) is 6.46. The summed E-state index contributed by atoms with van der Waals surface area (Å²) < 4.78 is 1.85. The summed E-state index contributed by atoms with van der Waals surface area (Å²) in [5.41, 5.74) is 6.75. The molecule has 6 nitrogen and oxygen atoms in total. The highest BCUT2D eigenvalue weighted by atomic mass is 35.5. The number of aromatic nitrogens is 2. The van der Waals surface area contributed by atoms with Crippen LogP contribution in [0.2, 0.25) is 5.02 Å².